The van der Waals surface area contributed by atoms with E-state index in [2.05, 4.69) is 5.32 Å². The highest BCUT2D eigenvalue weighted by Gasteiger charge is 2.37. The van der Waals surface area contributed by atoms with Gasteiger partial charge in [0, 0.05) is 6.54 Å². The summed E-state index contributed by atoms with van der Waals surface area (Å²) in [5, 5.41) is 2.86. The van der Waals surface area contributed by atoms with Crippen LogP contribution in [0.2, 0.25) is 0 Å². The van der Waals surface area contributed by atoms with E-state index >= 15 is 0 Å². The third kappa shape index (κ3) is 4.23. The maximum Gasteiger partial charge on any atom is 0.243 e. The molecule has 0 aromatic heterocycles. The van der Waals surface area contributed by atoms with Crippen LogP contribution in [0.15, 0.2) is 59.5 Å². The van der Waals surface area contributed by atoms with Crippen molar-refractivity contribution in [2.75, 3.05) is 19.7 Å². The van der Waals surface area contributed by atoms with Crippen LogP contribution in [-0.4, -0.2) is 50.5 Å². The van der Waals surface area contributed by atoms with Gasteiger partial charge >= 0.3 is 0 Å². The molecule has 1 amide bonds. The Balaban J connectivity index is 1.42. The lowest BCUT2D eigenvalue weighted by Crippen LogP contribution is -2.53. The van der Waals surface area contributed by atoms with Crippen LogP contribution >= 0.6 is 0 Å². The van der Waals surface area contributed by atoms with E-state index in [-0.39, 0.29) is 23.5 Å². The van der Waals surface area contributed by atoms with Gasteiger partial charge in [-0.2, -0.15) is 4.31 Å². The Labute approximate surface area is 170 Å². The first-order valence-electron chi connectivity index (χ1n) is 9.79. The molecule has 1 saturated heterocycles. The van der Waals surface area contributed by atoms with Crippen LogP contribution in [0.25, 0.3) is 0 Å². The molecule has 1 N–H and O–H groups in total. The highest BCUT2D eigenvalue weighted by Crippen LogP contribution is 2.31. The van der Waals surface area contributed by atoms with Gasteiger partial charge in [-0.25, -0.2) is 8.42 Å². The molecule has 29 heavy (non-hydrogen) atoms. The van der Waals surface area contributed by atoms with E-state index in [0.29, 0.717) is 31.1 Å². The van der Waals surface area contributed by atoms with Crippen LogP contribution in [0.1, 0.15) is 19.3 Å². The Morgan fingerprint density at radius 1 is 1.03 bits per heavy atom. The van der Waals surface area contributed by atoms with Crippen molar-refractivity contribution >= 4 is 15.9 Å². The van der Waals surface area contributed by atoms with Gasteiger partial charge in [-0.05, 0) is 37.1 Å². The molecular weight excluding hydrogens is 392 g/mol. The molecule has 1 fully saturated rings. The van der Waals surface area contributed by atoms with Crippen molar-refractivity contribution in [3.8, 4) is 11.5 Å². The molecule has 0 unspecified atom stereocenters. The average Bonchev–Trinajstić information content (AvgIpc) is 2.78. The van der Waals surface area contributed by atoms with Gasteiger partial charge in [-0.3, -0.25) is 4.79 Å². The summed E-state index contributed by atoms with van der Waals surface area (Å²) in [7, 11) is -3.72. The van der Waals surface area contributed by atoms with Gasteiger partial charge in [-0.1, -0.05) is 36.8 Å². The van der Waals surface area contributed by atoms with Gasteiger partial charge in [0.2, 0.25) is 15.9 Å². The number of carbonyl (C=O) groups excluding carboxylic acids is 1. The summed E-state index contributed by atoms with van der Waals surface area (Å²) >= 11 is 0. The number of rotatable bonds is 5. The summed E-state index contributed by atoms with van der Waals surface area (Å²) < 4.78 is 38.9. The summed E-state index contributed by atoms with van der Waals surface area (Å²) in [5.74, 6) is 1.03. The van der Waals surface area contributed by atoms with E-state index < -0.39 is 16.1 Å². The second-order valence-corrected chi connectivity index (χ2v) is 9.07. The molecular formula is C21H24N2O5S. The minimum absolute atomic E-state index is 0.209. The maximum absolute atomic E-state index is 13.0. The fourth-order valence-electron chi connectivity index (χ4n) is 3.68. The fraction of sp³-hybridized carbons (Fsp3) is 0.381. The van der Waals surface area contributed by atoms with E-state index in [1.807, 2.05) is 24.3 Å². The molecule has 0 aliphatic carbocycles. The number of carbonyl (C=O) groups is 1. The second-order valence-electron chi connectivity index (χ2n) is 7.18. The lowest BCUT2D eigenvalue weighted by Gasteiger charge is -2.34. The van der Waals surface area contributed by atoms with Crippen molar-refractivity contribution < 1.29 is 22.7 Å². The lowest BCUT2D eigenvalue weighted by atomic mass is 10.0. The van der Waals surface area contributed by atoms with Gasteiger partial charge in [0.05, 0.1) is 11.4 Å². The number of nitrogens with one attached hydrogen (secondary N) is 1. The van der Waals surface area contributed by atoms with E-state index in [1.165, 1.54) is 4.31 Å². The number of amides is 1. The van der Waals surface area contributed by atoms with Crippen LogP contribution < -0.4 is 14.8 Å². The van der Waals surface area contributed by atoms with Gasteiger partial charge in [0.1, 0.15) is 18.8 Å². The van der Waals surface area contributed by atoms with E-state index in [1.54, 1.807) is 30.3 Å². The second kappa shape index (κ2) is 8.42. The van der Waals surface area contributed by atoms with Crippen LogP contribution in [0.3, 0.4) is 0 Å². The molecule has 4 rings (SSSR count). The number of para-hydroxylation sites is 2. The molecule has 2 aliphatic heterocycles. The van der Waals surface area contributed by atoms with Crippen LogP contribution in [0.4, 0.5) is 0 Å². The molecule has 0 saturated carbocycles. The Morgan fingerprint density at radius 3 is 2.55 bits per heavy atom. The minimum atomic E-state index is -3.72. The topological polar surface area (TPSA) is 84.9 Å². The van der Waals surface area contributed by atoms with Crippen molar-refractivity contribution in [3.63, 3.8) is 0 Å². The normalized spacial score (nSPS) is 22.1. The highest BCUT2D eigenvalue weighted by molar-refractivity contribution is 7.89. The van der Waals surface area contributed by atoms with Crippen molar-refractivity contribution in [1.82, 2.24) is 9.62 Å². The predicted octanol–water partition coefficient (Wildman–Crippen LogP) is 2.19. The zero-order valence-corrected chi connectivity index (χ0v) is 16.8. The smallest absolute Gasteiger partial charge is 0.243 e. The van der Waals surface area contributed by atoms with E-state index in [0.717, 1.165) is 12.8 Å². The van der Waals surface area contributed by atoms with E-state index in [9.17, 15) is 13.2 Å². The van der Waals surface area contributed by atoms with Crippen molar-refractivity contribution in [2.24, 2.45) is 0 Å². The number of nitrogens with zero attached hydrogens (tertiary/aromatic N) is 1. The SMILES string of the molecule is O=C(NC[C@H]1COc2ccccc2O1)[C@@H]1CCCCN1S(=O)(=O)c1ccccc1. The molecule has 7 nitrogen and oxygen atoms in total. The number of sulfonamides is 1. The number of hydrogen-bond donors (Lipinski definition) is 1. The molecule has 8 heteroatoms. The number of benzene rings is 2. The number of fused-ring (bicyclic) bond motifs is 1. The third-order valence-electron chi connectivity index (χ3n) is 5.18. The van der Waals surface area contributed by atoms with Gasteiger partial charge in [0.15, 0.2) is 11.5 Å². The standard InChI is InChI=1S/C21H24N2O5S/c24-21(22-14-16-15-27-19-11-4-5-12-20(19)28-16)18-10-6-7-13-23(18)29(25,26)17-8-2-1-3-9-17/h1-5,8-9,11-12,16,18H,6-7,10,13-15H2,(H,22,24)/t16-,18-/m0/s1. The maximum atomic E-state index is 13.0. The molecule has 0 radical (unpaired) electrons. The Bertz CT molecular complexity index is 964. The third-order valence-corrected chi connectivity index (χ3v) is 7.10. The first kappa shape index (κ1) is 19.7. The minimum Gasteiger partial charge on any atom is -0.486 e. The molecule has 2 aromatic rings. The molecule has 2 aromatic carbocycles. The largest absolute Gasteiger partial charge is 0.486 e. The zero-order chi connectivity index (χ0) is 20.3. The number of piperidine rings is 1. The van der Waals surface area contributed by atoms with Crippen LogP contribution in [0, 0.1) is 0 Å². The highest BCUT2D eigenvalue weighted by atomic mass is 32.2. The Hall–Kier alpha value is -2.58. The first-order valence-corrected chi connectivity index (χ1v) is 11.2. The van der Waals surface area contributed by atoms with Crippen LogP contribution in [0.5, 0.6) is 11.5 Å². The zero-order valence-electron chi connectivity index (χ0n) is 16.0. The van der Waals surface area contributed by atoms with Gasteiger partial charge in [-0.15, -0.1) is 0 Å². The van der Waals surface area contributed by atoms with E-state index in [4.69, 9.17) is 9.47 Å². The molecule has 0 spiro atoms. The van der Waals surface area contributed by atoms with Crippen molar-refractivity contribution in [1.29, 1.82) is 0 Å². The fourth-order valence-corrected chi connectivity index (χ4v) is 5.36. The Morgan fingerprint density at radius 2 is 1.76 bits per heavy atom. The monoisotopic (exact) mass is 416 g/mol. The molecule has 0 bridgehead atoms. The van der Waals surface area contributed by atoms with Gasteiger partial charge in [0.25, 0.3) is 0 Å². The summed E-state index contributed by atoms with van der Waals surface area (Å²) in [6.45, 7) is 0.919. The summed E-state index contributed by atoms with van der Waals surface area (Å²) in [6.07, 6.45) is 1.74. The summed E-state index contributed by atoms with van der Waals surface area (Å²) in [5.41, 5.74) is 0. The average molecular weight is 416 g/mol. The van der Waals surface area contributed by atoms with Crippen molar-refractivity contribution in [2.45, 2.75) is 36.3 Å². The van der Waals surface area contributed by atoms with Crippen LogP contribution in [-0.2, 0) is 14.8 Å². The first-order chi connectivity index (χ1) is 14.1. The molecule has 2 aliphatic rings. The summed E-state index contributed by atoms with van der Waals surface area (Å²) in [6, 6.07) is 14.9. The van der Waals surface area contributed by atoms with Crippen molar-refractivity contribution in [3.05, 3.63) is 54.6 Å². The number of ether oxygens (including phenoxy) is 2. The Kier molecular flexibility index (Phi) is 5.73. The number of hydrogen-bond acceptors (Lipinski definition) is 5. The quantitative estimate of drug-likeness (QED) is 0.808. The molecule has 154 valence electrons. The summed E-state index contributed by atoms with van der Waals surface area (Å²) in [4.78, 5) is 13.1. The van der Waals surface area contributed by atoms with Gasteiger partial charge < -0.3 is 14.8 Å². The lowest BCUT2D eigenvalue weighted by molar-refractivity contribution is -0.126. The predicted molar refractivity (Wildman–Crippen MR) is 107 cm³/mol. The molecule has 2 heterocycles. The molecule has 2 atom stereocenters.